The molecule has 2 aromatic heterocycles. The maximum atomic E-state index is 9.21. The zero-order valence-electron chi connectivity index (χ0n) is 11.3. The molecular weight excluding hydrogens is 258 g/mol. The normalized spacial score (nSPS) is 14.3. The van der Waals surface area contributed by atoms with Crippen LogP contribution in [0.25, 0.3) is 5.95 Å². The highest BCUT2D eigenvalue weighted by Gasteiger charge is 2.31. The van der Waals surface area contributed by atoms with Crippen molar-refractivity contribution in [2.24, 2.45) is 0 Å². The summed E-state index contributed by atoms with van der Waals surface area (Å²) in [5, 5.41) is 12.2. The molecule has 0 unspecified atom stereocenters. The van der Waals surface area contributed by atoms with E-state index in [2.05, 4.69) is 25.3 Å². The van der Waals surface area contributed by atoms with Gasteiger partial charge in [0.2, 0.25) is 17.8 Å². The van der Waals surface area contributed by atoms with Crippen molar-refractivity contribution in [3.8, 4) is 5.95 Å². The number of imidazole rings is 1. The molecule has 0 aromatic carbocycles. The number of aliphatic hydroxyl groups is 1. The van der Waals surface area contributed by atoms with Gasteiger partial charge in [0.15, 0.2) is 0 Å². The Morgan fingerprint density at radius 3 is 2.85 bits per heavy atom. The van der Waals surface area contributed by atoms with E-state index in [0.717, 1.165) is 12.8 Å². The second-order valence-corrected chi connectivity index (χ2v) is 4.63. The van der Waals surface area contributed by atoms with E-state index in [4.69, 9.17) is 0 Å². The number of hydrogen-bond donors (Lipinski definition) is 2. The number of aromatic nitrogens is 5. The van der Waals surface area contributed by atoms with Gasteiger partial charge in [-0.3, -0.25) is 4.57 Å². The van der Waals surface area contributed by atoms with Gasteiger partial charge in [0.1, 0.15) is 6.33 Å². The first-order valence-electron chi connectivity index (χ1n) is 6.61. The Hall–Kier alpha value is -2.22. The Kier molecular flexibility index (Phi) is 3.46. The Morgan fingerprint density at radius 1 is 1.40 bits per heavy atom. The van der Waals surface area contributed by atoms with Gasteiger partial charge in [0.05, 0.1) is 6.61 Å². The van der Waals surface area contributed by atoms with Crippen LogP contribution in [-0.2, 0) is 0 Å². The Labute approximate surface area is 116 Å². The van der Waals surface area contributed by atoms with Gasteiger partial charge >= 0.3 is 0 Å². The molecule has 8 heteroatoms. The lowest BCUT2D eigenvalue weighted by Crippen LogP contribution is -2.31. The molecule has 1 aliphatic rings. The summed E-state index contributed by atoms with van der Waals surface area (Å²) in [4.78, 5) is 19.2. The van der Waals surface area contributed by atoms with Crippen molar-refractivity contribution in [3.05, 3.63) is 18.7 Å². The minimum atomic E-state index is 0.0808. The molecule has 0 radical (unpaired) electrons. The third-order valence-electron chi connectivity index (χ3n) is 3.16. The van der Waals surface area contributed by atoms with E-state index in [-0.39, 0.29) is 6.61 Å². The second kappa shape index (κ2) is 5.41. The molecule has 1 saturated carbocycles. The van der Waals surface area contributed by atoms with Crippen LogP contribution in [0.1, 0.15) is 12.8 Å². The lowest BCUT2D eigenvalue weighted by molar-refractivity contribution is 0.300. The van der Waals surface area contributed by atoms with E-state index in [1.807, 2.05) is 4.90 Å². The molecule has 1 fully saturated rings. The Morgan fingerprint density at radius 2 is 2.25 bits per heavy atom. The van der Waals surface area contributed by atoms with Gasteiger partial charge in [-0.25, -0.2) is 4.98 Å². The molecule has 8 nitrogen and oxygen atoms in total. The molecule has 106 valence electrons. The number of aliphatic hydroxyl groups excluding tert-OH is 1. The second-order valence-electron chi connectivity index (χ2n) is 4.63. The monoisotopic (exact) mass is 275 g/mol. The predicted octanol–water partition coefficient (Wildman–Crippen LogP) is 0.0601. The fourth-order valence-corrected chi connectivity index (χ4v) is 2.03. The molecule has 0 aliphatic heterocycles. The fourth-order valence-electron chi connectivity index (χ4n) is 2.03. The summed E-state index contributed by atoms with van der Waals surface area (Å²) in [5.74, 6) is 1.60. The molecule has 1 aliphatic carbocycles. The molecule has 20 heavy (non-hydrogen) atoms. The number of anilines is 2. The topological polar surface area (TPSA) is 92.0 Å². The van der Waals surface area contributed by atoms with Crippen molar-refractivity contribution in [2.45, 2.75) is 18.9 Å². The van der Waals surface area contributed by atoms with Crippen molar-refractivity contribution in [1.82, 2.24) is 24.5 Å². The zero-order chi connectivity index (χ0) is 13.9. The maximum Gasteiger partial charge on any atom is 0.241 e. The van der Waals surface area contributed by atoms with Gasteiger partial charge in [-0.05, 0) is 12.8 Å². The van der Waals surface area contributed by atoms with E-state index in [1.54, 1.807) is 30.3 Å². The summed E-state index contributed by atoms with van der Waals surface area (Å²) in [6, 6.07) is 0.421. The quantitative estimate of drug-likeness (QED) is 0.770. The first kappa shape index (κ1) is 12.8. The fraction of sp³-hybridized carbons (Fsp3) is 0.500. The largest absolute Gasteiger partial charge is 0.395 e. The standard InChI is InChI=1S/C12H17N7O/c1-13-10-15-11(18-5-4-14-8-18)17-12(16-10)19(6-7-20)9-2-3-9/h4-5,8-9,20H,2-3,6-7H2,1H3,(H,13,15,16,17). The highest BCUT2D eigenvalue weighted by atomic mass is 16.3. The minimum Gasteiger partial charge on any atom is -0.395 e. The number of rotatable bonds is 6. The molecule has 2 N–H and O–H groups in total. The summed E-state index contributed by atoms with van der Waals surface area (Å²) in [5.41, 5.74) is 0. The lowest BCUT2D eigenvalue weighted by Gasteiger charge is -2.21. The van der Waals surface area contributed by atoms with E-state index in [1.165, 1.54) is 0 Å². The first-order chi connectivity index (χ1) is 9.81. The molecule has 0 amide bonds. The van der Waals surface area contributed by atoms with Crippen molar-refractivity contribution in [2.75, 3.05) is 30.4 Å². The highest BCUT2D eigenvalue weighted by molar-refractivity contribution is 5.42. The minimum absolute atomic E-state index is 0.0808. The van der Waals surface area contributed by atoms with Crippen LogP contribution >= 0.6 is 0 Å². The van der Waals surface area contributed by atoms with Crippen LogP contribution < -0.4 is 10.2 Å². The van der Waals surface area contributed by atoms with Crippen LogP contribution in [0, 0.1) is 0 Å². The van der Waals surface area contributed by atoms with Crippen molar-refractivity contribution in [3.63, 3.8) is 0 Å². The number of hydrogen-bond acceptors (Lipinski definition) is 7. The van der Waals surface area contributed by atoms with Crippen LogP contribution in [-0.4, -0.2) is 55.9 Å². The zero-order valence-corrected chi connectivity index (χ0v) is 11.3. The van der Waals surface area contributed by atoms with Crippen LogP contribution in [0.4, 0.5) is 11.9 Å². The van der Waals surface area contributed by atoms with Crippen molar-refractivity contribution in [1.29, 1.82) is 0 Å². The Balaban J connectivity index is 1.98. The summed E-state index contributed by atoms with van der Waals surface area (Å²) < 4.78 is 1.73. The van der Waals surface area contributed by atoms with Gasteiger partial charge in [-0.1, -0.05) is 0 Å². The summed E-state index contributed by atoms with van der Waals surface area (Å²) in [7, 11) is 1.77. The first-order valence-corrected chi connectivity index (χ1v) is 6.61. The van der Waals surface area contributed by atoms with Crippen molar-refractivity contribution >= 4 is 11.9 Å². The van der Waals surface area contributed by atoms with Gasteiger partial charge in [-0.15, -0.1) is 0 Å². The molecule has 0 bridgehead atoms. The van der Waals surface area contributed by atoms with E-state index in [0.29, 0.717) is 30.4 Å². The lowest BCUT2D eigenvalue weighted by atomic mass is 10.5. The van der Waals surface area contributed by atoms with Crippen LogP contribution in [0.3, 0.4) is 0 Å². The molecule has 0 atom stereocenters. The third kappa shape index (κ3) is 2.55. The number of nitrogens with zero attached hydrogens (tertiary/aromatic N) is 6. The molecule has 0 spiro atoms. The average Bonchev–Trinajstić information content (AvgIpc) is 3.17. The van der Waals surface area contributed by atoms with E-state index >= 15 is 0 Å². The van der Waals surface area contributed by atoms with Crippen LogP contribution in [0.2, 0.25) is 0 Å². The summed E-state index contributed by atoms with van der Waals surface area (Å²) >= 11 is 0. The van der Waals surface area contributed by atoms with E-state index < -0.39 is 0 Å². The molecule has 2 heterocycles. The molecule has 0 saturated heterocycles. The van der Waals surface area contributed by atoms with Gasteiger partial charge < -0.3 is 15.3 Å². The smallest absolute Gasteiger partial charge is 0.241 e. The van der Waals surface area contributed by atoms with Gasteiger partial charge in [-0.2, -0.15) is 15.0 Å². The predicted molar refractivity (Wildman–Crippen MR) is 73.9 cm³/mol. The van der Waals surface area contributed by atoms with E-state index in [9.17, 15) is 5.11 Å². The molecule has 3 rings (SSSR count). The van der Waals surface area contributed by atoms with Gasteiger partial charge in [0.25, 0.3) is 0 Å². The van der Waals surface area contributed by atoms with Gasteiger partial charge in [0, 0.05) is 32.0 Å². The average molecular weight is 275 g/mol. The SMILES string of the molecule is CNc1nc(N(CCO)C2CC2)nc(-n2ccnc2)n1. The third-order valence-corrected chi connectivity index (χ3v) is 3.16. The van der Waals surface area contributed by atoms with Crippen molar-refractivity contribution < 1.29 is 5.11 Å². The molecule has 2 aromatic rings. The summed E-state index contributed by atoms with van der Waals surface area (Å²) in [6.07, 6.45) is 7.33. The molecular formula is C12H17N7O. The van der Waals surface area contributed by atoms with Crippen LogP contribution in [0.15, 0.2) is 18.7 Å². The maximum absolute atomic E-state index is 9.21. The highest BCUT2D eigenvalue weighted by Crippen LogP contribution is 2.29. The summed E-state index contributed by atoms with van der Waals surface area (Å²) in [6.45, 7) is 0.610. The van der Waals surface area contributed by atoms with Crippen LogP contribution in [0.5, 0.6) is 0 Å². The number of nitrogens with one attached hydrogen (secondary N) is 1. The Bertz CT molecular complexity index is 567.